The van der Waals surface area contributed by atoms with Gasteiger partial charge in [0.25, 0.3) is 0 Å². The fourth-order valence-corrected chi connectivity index (χ4v) is 4.65. The third-order valence-electron chi connectivity index (χ3n) is 6.73. The Bertz CT molecular complexity index is 1340. The minimum atomic E-state index is -5.02. The molecule has 7 nitrogen and oxygen atoms in total. The van der Waals surface area contributed by atoms with Crippen molar-refractivity contribution in [2.24, 2.45) is 0 Å². The third kappa shape index (κ3) is 6.56. The Morgan fingerprint density at radius 1 is 1.07 bits per heavy atom. The van der Waals surface area contributed by atoms with E-state index in [1.165, 1.54) is 31.2 Å². The highest BCUT2D eigenvalue weighted by Gasteiger charge is 2.41. The van der Waals surface area contributed by atoms with E-state index in [4.69, 9.17) is 9.47 Å². The summed E-state index contributed by atoms with van der Waals surface area (Å²) in [5.74, 6) is -0.116. The van der Waals surface area contributed by atoms with Gasteiger partial charge in [0.1, 0.15) is 11.6 Å². The van der Waals surface area contributed by atoms with Gasteiger partial charge in [-0.15, -0.1) is 0 Å². The number of aromatic nitrogens is 3. The van der Waals surface area contributed by atoms with Crippen LogP contribution in [0.15, 0.2) is 47.3 Å². The highest BCUT2D eigenvalue weighted by Crippen LogP contribution is 2.40. The van der Waals surface area contributed by atoms with Crippen LogP contribution < -0.4 is 5.69 Å². The standard InChI is InChI=1S/C26H27F7N4O3/c1-4-37-21(34-24(38)35-37)12-36-14(2)13-39-23(22(36)16-5-7-20(27)8-6-16)40-15(3)17-9-18(25(28,29)30)11-19(10-17)26(31,32)33/h5-11,14-15,22-23H,4,12-13H2,1-3H3,(H,35,38). The summed E-state index contributed by atoms with van der Waals surface area (Å²) in [6.07, 6.45) is -12.5. The number of nitrogens with one attached hydrogen (secondary N) is 1. The molecule has 0 amide bonds. The van der Waals surface area contributed by atoms with Crippen LogP contribution in [0.2, 0.25) is 0 Å². The van der Waals surface area contributed by atoms with E-state index in [2.05, 4.69) is 10.1 Å². The average molecular weight is 577 g/mol. The first-order chi connectivity index (χ1) is 18.7. The average Bonchev–Trinajstić information content (AvgIpc) is 3.24. The monoisotopic (exact) mass is 576 g/mol. The summed E-state index contributed by atoms with van der Waals surface area (Å²) in [5.41, 5.74) is -3.30. The molecule has 0 radical (unpaired) electrons. The minimum absolute atomic E-state index is 0.0508. The van der Waals surface area contributed by atoms with Crippen molar-refractivity contribution in [1.82, 2.24) is 19.7 Å². The largest absolute Gasteiger partial charge is 0.416 e. The molecular formula is C26H27F7N4O3. The van der Waals surface area contributed by atoms with Crippen molar-refractivity contribution in [2.75, 3.05) is 6.61 Å². The molecule has 4 atom stereocenters. The lowest BCUT2D eigenvalue weighted by Gasteiger charge is -2.45. The Kier molecular flexibility index (Phi) is 8.43. The normalized spacial score (nSPS) is 21.5. The molecule has 2 aromatic carbocycles. The molecule has 40 heavy (non-hydrogen) atoms. The van der Waals surface area contributed by atoms with Gasteiger partial charge in [-0.1, -0.05) is 12.1 Å². The van der Waals surface area contributed by atoms with Crippen molar-refractivity contribution in [3.05, 3.63) is 86.8 Å². The molecule has 1 saturated heterocycles. The van der Waals surface area contributed by atoms with Crippen molar-refractivity contribution in [3.63, 3.8) is 0 Å². The van der Waals surface area contributed by atoms with E-state index in [1.807, 2.05) is 11.8 Å². The molecule has 4 unspecified atom stereocenters. The zero-order chi connectivity index (χ0) is 29.4. The van der Waals surface area contributed by atoms with Crippen LogP contribution in [0.3, 0.4) is 0 Å². The number of aryl methyl sites for hydroxylation is 1. The van der Waals surface area contributed by atoms with E-state index in [0.717, 1.165) is 0 Å². The SMILES string of the molecule is CCn1[nH]c(=O)nc1CN1C(C)COC(OC(C)c2cc(C(F)(F)F)cc(C(F)(F)F)c2)C1c1ccc(F)cc1. The van der Waals surface area contributed by atoms with Gasteiger partial charge in [0, 0.05) is 12.6 Å². The molecule has 218 valence electrons. The van der Waals surface area contributed by atoms with Crippen molar-refractivity contribution in [2.45, 2.75) is 70.7 Å². The van der Waals surface area contributed by atoms with Crippen LogP contribution in [-0.2, 0) is 34.9 Å². The van der Waals surface area contributed by atoms with E-state index >= 15 is 0 Å². The van der Waals surface area contributed by atoms with Gasteiger partial charge in [-0.05, 0) is 62.2 Å². The number of nitrogens with zero attached hydrogens (tertiary/aromatic N) is 3. The number of H-pyrrole nitrogens is 1. The Morgan fingerprint density at radius 3 is 2.23 bits per heavy atom. The quantitative estimate of drug-likeness (QED) is 0.359. The number of halogens is 7. The van der Waals surface area contributed by atoms with Gasteiger partial charge in [-0.3, -0.25) is 9.58 Å². The van der Waals surface area contributed by atoms with E-state index < -0.39 is 53.4 Å². The van der Waals surface area contributed by atoms with Crippen LogP contribution in [0, 0.1) is 5.82 Å². The zero-order valence-corrected chi connectivity index (χ0v) is 21.7. The second-order valence-corrected chi connectivity index (χ2v) is 9.53. The highest BCUT2D eigenvalue weighted by atomic mass is 19.4. The summed E-state index contributed by atoms with van der Waals surface area (Å²) >= 11 is 0. The summed E-state index contributed by atoms with van der Waals surface area (Å²) < 4.78 is 108. The lowest BCUT2D eigenvalue weighted by Crippen LogP contribution is -2.51. The Morgan fingerprint density at radius 2 is 1.68 bits per heavy atom. The van der Waals surface area contributed by atoms with Crippen molar-refractivity contribution in [1.29, 1.82) is 0 Å². The molecule has 1 fully saturated rings. The predicted octanol–water partition coefficient (Wildman–Crippen LogP) is 5.83. The van der Waals surface area contributed by atoms with Gasteiger partial charge in [0.05, 0.1) is 36.4 Å². The summed E-state index contributed by atoms with van der Waals surface area (Å²) in [5, 5.41) is 2.59. The molecule has 1 aromatic heterocycles. The van der Waals surface area contributed by atoms with Crippen LogP contribution in [0.25, 0.3) is 0 Å². The summed E-state index contributed by atoms with van der Waals surface area (Å²) in [6, 6.07) is 5.61. The van der Waals surface area contributed by atoms with Crippen LogP contribution in [0.1, 0.15) is 61.0 Å². The van der Waals surface area contributed by atoms with E-state index in [-0.39, 0.29) is 30.8 Å². The number of alkyl halides is 6. The van der Waals surface area contributed by atoms with E-state index in [1.54, 1.807) is 11.6 Å². The first-order valence-electron chi connectivity index (χ1n) is 12.4. The van der Waals surface area contributed by atoms with Crippen LogP contribution in [0.5, 0.6) is 0 Å². The second kappa shape index (κ2) is 11.3. The third-order valence-corrected chi connectivity index (χ3v) is 6.73. The van der Waals surface area contributed by atoms with E-state index in [0.29, 0.717) is 30.1 Å². The minimum Gasteiger partial charge on any atom is -0.349 e. The Hall–Kier alpha value is -3.23. The maximum Gasteiger partial charge on any atom is 0.416 e. The summed E-state index contributed by atoms with van der Waals surface area (Å²) in [4.78, 5) is 17.8. The molecular weight excluding hydrogens is 549 g/mol. The molecule has 14 heteroatoms. The molecule has 2 heterocycles. The zero-order valence-electron chi connectivity index (χ0n) is 21.7. The number of morpholine rings is 1. The molecule has 1 aliphatic rings. The van der Waals surface area contributed by atoms with Gasteiger partial charge in [0.2, 0.25) is 0 Å². The van der Waals surface area contributed by atoms with Crippen LogP contribution >= 0.6 is 0 Å². The van der Waals surface area contributed by atoms with Gasteiger partial charge < -0.3 is 9.47 Å². The molecule has 3 aromatic rings. The second-order valence-electron chi connectivity index (χ2n) is 9.53. The first kappa shape index (κ1) is 29.7. The number of benzene rings is 2. The van der Waals surface area contributed by atoms with Crippen molar-refractivity contribution >= 4 is 0 Å². The topological polar surface area (TPSA) is 72.4 Å². The van der Waals surface area contributed by atoms with Crippen LogP contribution in [0.4, 0.5) is 30.7 Å². The fourth-order valence-electron chi connectivity index (χ4n) is 4.65. The van der Waals surface area contributed by atoms with Crippen LogP contribution in [-0.4, -0.2) is 38.6 Å². The number of ether oxygens (including phenoxy) is 2. The smallest absolute Gasteiger partial charge is 0.349 e. The maximum absolute atomic E-state index is 13.8. The lowest BCUT2D eigenvalue weighted by molar-refractivity contribution is -0.244. The number of aromatic amines is 1. The molecule has 1 N–H and O–H groups in total. The highest BCUT2D eigenvalue weighted by molar-refractivity contribution is 5.34. The first-order valence-corrected chi connectivity index (χ1v) is 12.4. The number of hydrogen-bond acceptors (Lipinski definition) is 5. The van der Waals surface area contributed by atoms with Gasteiger partial charge in [0.15, 0.2) is 6.29 Å². The molecule has 0 bridgehead atoms. The van der Waals surface area contributed by atoms with Gasteiger partial charge in [-0.2, -0.15) is 31.3 Å². The summed E-state index contributed by atoms with van der Waals surface area (Å²) in [7, 11) is 0. The summed E-state index contributed by atoms with van der Waals surface area (Å²) in [6.45, 7) is 5.59. The predicted molar refractivity (Wildman–Crippen MR) is 128 cm³/mol. The van der Waals surface area contributed by atoms with Crippen molar-refractivity contribution < 1.29 is 40.2 Å². The van der Waals surface area contributed by atoms with Crippen molar-refractivity contribution in [3.8, 4) is 0 Å². The molecule has 4 rings (SSSR count). The maximum atomic E-state index is 13.8. The molecule has 0 spiro atoms. The Labute approximate surface area is 224 Å². The number of rotatable bonds is 7. The fraction of sp³-hybridized carbons (Fsp3) is 0.462. The van der Waals surface area contributed by atoms with Gasteiger partial charge >= 0.3 is 18.0 Å². The molecule has 1 aliphatic heterocycles. The molecule has 0 saturated carbocycles. The number of hydrogen-bond donors (Lipinski definition) is 1. The molecule has 0 aliphatic carbocycles. The van der Waals surface area contributed by atoms with Gasteiger partial charge in [-0.25, -0.2) is 14.3 Å². The van der Waals surface area contributed by atoms with E-state index in [9.17, 15) is 35.5 Å². The Balaban J connectivity index is 1.72. The lowest BCUT2D eigenvalue weighted by atomic mass is 9.99.